The molecule has 7 nitrogen and oxygen atoms in total. The van der Waals surface area contributed by atoms with Crippen molar-refractivity contribution in [3.05, 3.63) is 65.2 Å². The fourth-order valence-electron chi connectivity index (χ4n) is 4.84. The number of hydrogen-bond donors (Lipinski definition) is 2. The summed E-state index contributed by atoms with van der Waals surface area (Å²) in [6.45, 7) is 9.23. The highest BCUT2D eigenvalue weighted by atomic mass is 16.2. The van der Waals surface area contributed by atoms with Crippen molar-refractivity contribution in [3.8, 4) is 0 Å². The third-order valence-electron chi connectivity index (χ3n) is 7.27. The number of carbonyl (C=O) groups is 3. The minimum Gasteiger partial charge on any atom is -0.385 e. The lowest BCUT2D eigenvalue weighted by Crippen LogP contribution is -2.34. The number of nitrogens with zero attached hydrogens (tertiary/aromatic N) is 2. The molecular weight excluding hydrogens is 476 g/mol. The molecule has 0 fully saturated rings. The van der Waals surface area contributed by atoms with E-state index >= 15 is 0 Å². The van der Waals surface area contributed by atoms with Crippen molar-refractivity contribution in [1.82, 2.24) is 15.1 Å². The summed E-state index contributed by atoms with van der Waals surface area (Å²) in [5.41, 5.74) is 2.81. The summed E-state index contributed by atoms with van der Waals surface area (Å²) >= 11 is 0. The average Bonchev–Trinajstić information content (AvgIpc) is 3.19. The number of rotatable bonds is 18. The normalized spacial score (nSPS) is 12.8. The van der Waals surface area contributed by atoms with E-state index in [0.29, 0.717) is 29.8 Å². The van der Waals surface area contributed by atoms with E-state index in [1.807, 2.05) is 24.3 Å². The van der Waals surface area contributed by atoms with Crippen LogP contribution >= 0.6 is 0 Å². The zero-order valence-corrected chi connectivity index (χ0v) is 23.1. The Morgan fingerprint density at radius 2 is 1.29 bits per heavy atom. The molecule has 7 heteroatoms. The number of hydrogen-bond acceptors (Lipinski definition) is 5. The van der Waals surface area contributed by atoms with Crippen LogP contribution in [-0.2, 0) is 0 Å². The SMILES string of the molecule is CCN(CC)CCNC(=O)c1ccc(NCCCCCCCCCCN2C(=O)c3ccccc3C2=O)cc1. The standard InChI is InChI=1S/C31H44N4O3/c1-3-34(4-2)24-22-33-29(36)25-17-19-26(20-18-25)32-21-13-9-7-5-6-8-10-14-23-35-30(37)27-15-11-12-16-28(27)31(35)38/h11-12,15-20,32H,3-10,13-14,21-24H2,1-2H3,(H,33,36). The second-order valence-electron chi connectivity index (χ2n) is 9.92. The van der Waals surface area contributed by atoms with Gasteiger partial charge in [0, 0.05) is 37.4 Å². The van der Waals surface area contributed by atoms with Crippen molar-refractivity contribution in [2.45, 2.75) is 65.2 Å². The van der Waals surface area contributed by atoms with Crippen LogP contribution in [0.3, 0.4) is 0 Å². The molecule has 38 heavy (non-hydrogen) atoms. The van der Waals surface area contributed by atoms with E-state index in [0.717, 1.165) is 57.5 Å². The number of amides is 3. The van der Waals surface area contributed by atoms with Crippen molar-refractivity contribution in [1.29, 1.82) is 0 Å². The summed E-state index contributed by atoms with van der Waals surface area (Å²) in [5, 5.41) is 6.44. The summed E-state index contributed by atoms with van der Waals surface area (Å²) < 4.78 is 0. The Bertz CT molecular complexity index is 999. The Hall–Kier alpha value is -3.19. The number of unbranched alkanes of at least 4 members (excludes halogenated alkanes) is 7. The Morgan fingerprint density at radius 3 is 1.87 bits per heavy atom. The van der Waals surface area contributed by atoms with Gasteiger partial charge in [-0.15, -0.1) is 0 Å². The van der Waals surface area contributed by atoms with Crippen LogP contribution in [0.15, 0.2) is 48.5 Å². The third kappa shape index (κ3) is 8.69. The van der Waals surface area contributed by atoms with Gasteiger partial charge in [-0.25, -0.2) is 0 Å². The molecule has 0 radical (unpaired) electrons. The molecule has 0 atom stereocenters. The lowest BCUT2D eigenvalue weighted by molar-refractivity contribution is 0.0651. The van der Waals surface area contributed by atoms with Gasteiger partial charge in [0.2, 0.25) is 0 Å². The molecule has 3 amide bonds. The second-order valence-corrected chi connectivity index (χ2v) is 9.92. The van der Waals surface area contributed by atoms with Crippen LogP contribution in [-0.4, -0.2) is 66.8 Å². The van der Waals surface area contributed by atoms with E-state index in [2.05, 4.69) is 29.4 Å². The summed E-state index contributed by atoms with van der Waals surface area (Å²) in [5.74, 6) is -0.323. The summed E-state index contributed by atoms with van der Waals surface area (Å²) in [7, 11) is 0. The number of fused-ring (bicyclic) bond motifs is 1. The first-order valence-corrected chi connectivity index (χ1v) is 14.3. The molecule has 206 valence electrons. The van der Waals surface area contributed by atoms with Gasteiger partial charge in [0.1, 0.15) is 0 Å². The molecule has 3 rings (SSSR count). The molecular formula is C31H44N4O3. The molecule has 1 heterocycles. The minimum atomic E-state index is -0.151. The maximum Gasteiger partial charge on any atom is 0.261 e. The van der Waals surface area contributed by atoms with Gasteiger partial charge in [0.15, 0.2) is 0 Å². The van der Waals surface area contributed by atoms with Gasteiger partial charge in [0.05, 0.1) is 11.1 Å². The van der Waals surface area contributed by atoms with Gasteiger partial charge in [0.25, 0.3) is 17.7 Å². The number of anilines is 1. The molecule has 0 saturated carbocycles. The van der Waals surface area contributed by atoms with Crippen LogP contribution in [0.2, 0.25) is 0 Å². The van der Waals surface area contributed by atoms with Gasteiger partial charge in [-0.1, -0.05) is 64.5 Å². The van der Waals surface area contributed by atoms with Crippen LogP contribution in [0, 0.1) is 0 Å². The van der Waals surface area contributed by atoms with Crippen LogP contribution in [0.1, 0.15) is 96.3 Å². The smallest absolute Gasteiger partial charge is 0.261 e. The number of nitrogens with one attached hydrogen (secondary N) is 2. The molecule has 1 aliphatic heterocycles. The number of benzene rings is 2. The van der Waals surface area contributed by atoms with Gasteiger partial charge in [-0.05, 0) is 62.3 Å². The predicted octanol–water partition coefficient (Wildman–Crippen LogP) is 5.59. The highest BCUT2D eigenvalue weighted by Crippen LogP contribution is 2.23. The van der Waals surface area contributed by atoms with Crippen molar-refractivity contribution in [3.63, 3.8) is 0 Å². The van der Waals surface area contributed by atoms with Gasteiger partial charge in [-0.2, -0.15) is 0 Å². The molecule has 0 saturated heterocycles. The lowest BCUT2D eigenvalue weighted by atomic mass is 10.1. The molecule has 0 aromatic heterocycles. The quantitative estimate of drug-likeness (QED) is 0.198. The van der Waals surface area contributed by atoms with Crippen LogP contribution in [0.25, 0.3) is 0 Å². The van der Waals surface area contributed by atoms with E-state index in [9.17, 15) is 14.4 Å². The summed E-state index contributed by atoms with van der Waals surface area (Å²) in [4.78, 5) is 40.8. The average molecular weight is 521 g/mol. The first kappa shape index (κ1) is 29.4. The zero-order valence-electron chi connectivity index (χ0n) is 23.1. The number of imide groups is 1. The maximum absolute atomic E-state index is 12.4. The maximum atomic E-state index is 12.4. The lowest BCUT2D eigenvalue weighted by Gasteiger charge is -2.18. The molecule has 0 unspecified atom stereocenters. The fraction of sp³-hybridized carbons (Fsp3) is 0.516. The van der Waals surface area contributed by atoms with E-state index in [1.54, 1.807) is 24.3 Å². The highest BCUT2D eigenvalue weighted by Gasteiger charge is 2.34. The van der Waals surface area contributed by atoms with E-state index in [4.69, 9.17) is 0 Å². The molecule has 2 N–H and O–H groups in total. The monoisotopic (exact) mass is 520 g/mol. The summed E-state index contributed by atoms with van der Waals surface area (Å²) in [6, 6.07) is 14.8. The number of likely N-dealkylation sites (N-methyl/N-ethyl adjacent to an activating group) is 1. The zero-order chi connectivity index (χ0) is 27.2. The van der Waals surface area contributed by atoms with E-state index in [-0.39, 0.29) is 17.7 Å². The van der Waals surface area contributed by atoms with Crippen LogP contribution in [0.5, 0.6) is 0 Å². The first-order chi connectivity index (χ1) is 18.5. The van der Waals surface area contributed by atoms with Gasteiger partial charge >= 0.3 is 0 Å². The highest BCUT2D eigenvalue weighted by molar-refractivity contribution is 6.21. The Balaban J connectivity index is 1.17. The Labute approximate surface area is 228 Å². The Kier molecular flexibility index (Phi) is 12.3. The van der Waals surface area contributed by atoms with Crippen molar-refractivity contribution < 1.29 is 14.4 Å². The minimum absolute atomic E-state index is 0.0210. The molecule has 0 bridgehead atoms. The first-order valence-electron chi connectivity index (χ1n) is 14.3. The molecule has 2 aromatic rings. The van der Waals surface area contributed by atoms with Crippen molar-refractivity contribution in [2.75, 3.05) is 44.6 Å². The third-order valence-corrected chi connectivity index (χ3v) is 7.27. The largest absolute Gasteiger partial charge is 0.385 e. The number of carbonyl (C=O) groups excluding carboxylic acids is 3. The fourth-order valence-corrected chi connectivity index (χ4v) is 4.84. The Morgan fingerprint density at radius 1 is 0.737 bits per heavy atom. The van der Waals surface area contributed by atoms with Gasteiger partial charge in [-0.3, -0.25) is 19.3 Å². The molecule has 1 aliphatic rings. The molecule has 0 aliphatic carbocycles. The summed E-state index contributed by atoms with van der Waals surface area (Å²) in [6.07, 6.45) is 8.97. The van der Waals surface area contributed by atoms with E-state index in [1.165, 1.54) is 30.6 Å². The van der Waals surface area contributed by atoms with Crippen LogP contribution < -0.4 is 10.6 Å². The van der Waals surface area contributed by atoms with Crippen LogP contribution in [0.4, 0.5) is 5.69 Å². The topological polar surface area (TPSA) is 81.8 Å². The molecule has 0 spiro atoms. The van der Waals surface area contributed by atoms with Crippen molar-refractivity contribution >= 4 is 23.4 Å². The van der Waals surface area contributed by atoms with Gasteiger partial charge < -0.3 is 15.5 Å². The van der Waals surface area contributed by atoms with Crippen molar-refractivity contribution in [2.24, 2.45) is 0 Å². The predicted molar refractivity (Wildman–Crippen MR) is 154 cm³/mol. The second kappa shape index (κ2) is 15.9. The van der Waals surface area contributed by atoms with E-state index < -0.39 is 0 Å². The molecule has 2 aromatic carbocycles.